The van der Waals surface area contributed by atoms with Gasteiger partial charge in [-0.3, -0.25) is 9.78 Å². The number of hydrogen-bond acceptors (Lipinski definition) is 5. The van der Waals surface area contributed by atoms with Crippen molar-refractivity contribution in [2.45, 2.75) is 34.2 Å². The monoisotopic (exact) mass is 379 g/mol. The Morgan fingerprint density at radius 1 is 1.29 bits per heavy atom. The van der Waals surface area contributed by atoms with Gasteiger partial charge < -0.3 is 14.4 Å². The molecule has 0 N–H and O–H groups in total. The van der Waals surface area contributed by atoms with Crippen molar-refractivity contribution >= 4 is 5.91 Å². The number of amides is 1. The molecule has 0 saturated carbocycles. The second-order valence-electron chi connectivity index (χ2n) is 6.35. The molecule has 0 bridgehead atoms. The summed E-state index contributed by atoms with van der Waals surface area (Å²) in [4.78, 5) is 23.7. The molecule has 1 amide bonds. The summed E-state index contributed by atoms with van der Waals surface area (Å²) < 4.78 is 11.2. The Balaban J connectivity index is 2.02. The van der Waals surface area contributed by atoms with Crippen LogP contribution in [-0.4, -0.2) is 34.0 Å². The summed E-state index contributed by atoms with van der Waals surface area (Å²) in [6, 6.07) is 3.79. The number of carbonyl (C=O) groups is 1. The van der Waals surface area contributed by atoms with Crippen LogP contribution in [0.4, 0.5) is 0 Å². The zero-order valence-electron chi connectivity index (χ0n) is 16.8. The average molecular weight is 379 g/mol. The molecule has 6 heteroatoms. The smallest absolute Gasteiger partial charge is 0.260 e. The molecule has 2 aromatic rings. The van der Waals surface area contributed by atoms with Crippen LogP contribution in [-0.2, 0) is 6.54 Å². The van der Waals surface area contributed by atoms with Gasteiger partial charge in [-0.2, -0.15) is 0 Å². The zero-order valence-corrected chi connectivity index (χ0v) is 16.8. The molecule has 1 aliphatic rings. The fourth-order valence-corrected chi connectivity index (χ4v) is 3.32. The van der Waals surface area contributed by atoms with Gasteiger partial charge in [0, 0.05) is 17.5 Å². The van der Waals surface area contributed by atoms with Crippen molar-refractivity contribution in [3.8, 4) is 22.9 Å². The molecule has 0 fully saturated rings. The lowest BCUT2D eigenvalue weighted by molar-refractivity contribution is 0.0830. The summed E-state index contributed by atoms with van der Waals surface area (Å²) in [5.74, 6) is 1.01. The van der Waals surface area contributed by atoms with Gasteiger partial charge in [-0.25, -0.2) is 4.98 Å². The van der Waals surface area contributed by atoms with Gasteiger partial charge >= 0.3 is 0 Å². The molecule has 6 nitrogen and oxygen atoms in total. The molecular weight excluding hydrogens is 354 g/mol. The summed E-state index contributed by atoms with van der Waals surface area (Å²) in [6.45, 7) is 12.9. The predicted molar refractivity (Wildman–Crippen MR) is 108 cm³/mol. The molecule has 0 aliphatic carbocycles. The first kappa shape index (κ1) is 19.6. The first-order valence-corrected chi connectivity index (χ1v) is 9.41. The van der Waals surface area contributed by atoms with Crippen LogP contribution in [0.3, 0.4) is 0 Å². The number of nitrogens with zero attached hydrogens (tertiary/aromatic N) is 3. The normalized spacial score (nSPS) is 13.5. The van der Waals surface area contributed by atoms with Gasteiger partial charge in [-0.05, 0) is 51.5 Å². The van der Waals surface area contributed by atoms with Crippen LogP contribution in [0.25, 0.3) is 11.3 Å². The van der Waals surface area contributed by atoms with Crippen molar-refractivity contribution in [2.24, 2.45) is 0 Å². The van der Waals surface area contributed by atoms with E-state index in [1.165, 1.54) is 0 Å². The second-order valence-corrected chi connectivity index (χ2v) is 6.35. The number of allylic oxidation sites excluding steroid dienone is 2. The number of rotatable bonds is 7. The van der Waals surface area contributed by atoms with Crippen LogP contribution >= 0.6 is 0 Å². The summed E-state index contributed by atoms with van der Waals surface area (Å²) in [7, 11) is 0. The number of aryl methyl sites for hydroxylation is 1. The summed E-state index contributed by atoms with van der Waals surface area (Å²) >= 11 is 0. The summed E-state index contributed by atoms with van der Waals surface area (Å²) in [5.41, 5.74) is 4.66. The SMILES string of the molecule is C=C/C(=C\C)N1Cc2nc(-c3cnc(OCC)c(OCC)c3)cc(C)c2C1=O. The van der Waals surface area contributed by atoms with E-state index in [4.69, 9.17) is 14.5 Å². The molecule has 3 rings (SSSR count). The molecule has 0 radical (unpaired) electrons. The highest BCUT2D eigenvalue weighted by Crippen LogP contribution is 2.33. The molecule has 28 heavy (non-hydrogen) atoms. The highest BCUT2D eigenvalue weighted by molar-refractivity contribution is 6.00. The molecule has 0 unspecified atom stereocenters. The van der Waals surface area contributed by atoms with Crippen LogP contribution in [0.5, 0.6) is 11.6 Å². The highest BCUT2D eigenvalue weighted by Gasteiger charge is 2.32. The lowest BCUT2D eigenvalue weighted by atomic mass is 10.0. The fourth-order valence-electron chi connectivity index (χ4n) is 3.32. The van der Waals surface area contributed by atoms with Gasteiger partial charge in [-0.1, -0.05) is 12.7 Å². The van der Waals surface area contributed by atoms with E-state index in [-0.39, 0.29) is 5.91 Å². The molecule has 146 valence electrons. The van der Waals surface area contributed by atoms with E-state index in [0.717, 1.165) is 28.2 Å². The van der Waals surface area contributed by atoms with Crippen molar-refractivity contribution < 1.29 is 14.3 Å². The minimum absolute atomic E-state index is 0.0422. The van der Waals surface area contributed by atoms with E-state index in [2.05, 4.69) is 11.6 Å². The number of carbonyl (C=O) groups excluding carboxylic acids is 1. The molecule has 0 spiro atoms. The Morgan fingerprint density at radius 2 is 2.04 bits per heavy atom. The first-order valence-electron chi connectivity index (χ1n) is 9.41. The largest absolute Gasteiger partial charge is 0.488 e. The highest BCUT2D eigenvalue weighted by atomic mass is 16.5. The zero-order chi connectivity index (χ0) is 20.3. The Bertz CT molecular complexity index is 950. The Kier molecular flexibility index (Phi) is 5.78. The van der Waals surface area contributed by atoms with E-state index in [0.29, 0.717) is 37.0 Å². The van der Waals surface area contributed by atoms with Crippen molar-refractivity contribution in [2.75, 3.05) is 13.2 Å². The van der Waals surface area contributed by atoms with E-state index in [9.17, 15) is 4.79 Å². The minimum atomic E-state index is -0.0422. The first-order chi connectivity index (χ1) is 13.5. The topological polar surface area (TPSA) is 64.6 Å². The fraction of sp³-hybridized carbons (Fsp3) is 0.318. The molecule has 1 aliphatic heterocycles. The van der Waals surface area contributed by atoms with Crippen LogP contribution in [0, 0.1) is 6.92 Å². The van der Waals surface area contributed by atoms with E-state index in [1.807, 2.05) is 45.9 Å². The van der Waals surface area contributed by atoms with Gasteiger partial charge in [0.15, 0.2) is 5.75 Å². The van der Waals surface area contributed by atoms with E-state index in [1.54, 1.807) is 17.2 Å². The molecule has 0 aromatic carbocycles. The van der Waals surface area contributed by atoms with Crippen LogP contribution in [0.2, 0.25) is 0 Å². The third-order valence-electron chi connectivity index (χ3n) is 4.57. The van der Waals surface area contributed by atoms with Gasteiger partial charge in [0.2, 0.25) is 0 Å². The standard InChI is InChI=1S/C22H25N3O3/c1-6-16(7-2)25-13-18-20(22(25)26)14(5)10-17(24-18)15-11-19(27-8-3)21(23-12-15)28-9-4/h6-7,10-12H,1,8-9,13H2,2-5H3/b16-7+. The number of fused-ring (bicyclic) bond motifs is 1. The van der Waals surface area contributed by atoms with Crippen LogP contribution < -0.4 is 9.47 Å². The molecule has 0 atom stereocenters. The van der Waals surface area contributed by atoms with Gasteiger partial charge in [-0.15, -0.1) is 0 Å². The van der Waals surface area contributed by atoms with Gasteiger partial charge in [0.05, 0.1) is 36.7 Å². The number of ether oxygens (including phenoxy) is 2. The Labute approximate surface area is 165 Å². The minimum Gasteiger partial charge on any atom is -0.488 e. The molecule has 2 aromatic heterocycles. The third kappa shape index (κ3) is 3.50. The maximum Gasteiger partial charge on any atom is 0.260 e. The lowest BCUT2D eigenvalue weighted by Gasteiger charge is -2.15. The van der Waals surface area contributed by atoms with Crippen molar-refractivity contribution in [3.63, 3.8) is 0 Å². The van der Waals surface area contributed by atoms with Crippen LogP contribution in [0.15, 0.2) is 42.8 Å². The Morgan fingerprint density at radius 3 is 2.68 bits per heavy atom. The van der Waals surface area contributed by atoms with Crippen molar-refractivity contribution in [3.05, 3.63) is 59.6 Å². The molecule has 0 saturated heterocycles. The maximum absolute atomic E-state index is 12.8. The maximum atomic E-state index is 12.8. The van der Waals surface area contributed by atoms with Crippen LogP contribution in [0.1, 0.15) is 42.4 Å². The van der Waals surface area contributed by atoms with E-state index < -0.39 is 0 Å². The van der Waals surface area contributed by atoms with Crippen molar-refractivity contribution in [1.82, 2.24) is 14.9 Å². The number of pyridine rings is 2. The van der Waals surface area contributed by atoms with E-state index >= 15 is 0 Å². The van der Waals surface area contributed by atoms with Gasteiger partial charge in [0.25, 0.3) is 11.8 Å². The van der Waals surface area contributed by atoms with Crippen molar-refractivity contribution in [1.29, 1.82) is 0 Å². The number of aromatic nitrogens is 2. The molecule has 3 heterocycles. The molecular formula is C22H25N3O3. The third-order valence-corrected chi connectivity index (χ3v) is 4.57. The number of hydrogen-bond donors (Lipinski definition) is 0. The summed E-state index contributed by atoms with van der Waals surface area (Å²) in [5, 5.41) is 0. The lowest BCUT2D eigenvalue weighted by Crippen LogP contribution is -2.22. The quantitative estimate of drug-likeness (QED) is 0.671. The summed E-state index contributed by atoms with van der Waals surface area (Å²) in [6.07, 6.45) is 5.28. The average Bonchev–Trinajstić information content (AvgIpc) is 3.01. The second kappa shape index (κ2) is 8.25. The Hall–Kier alpha value is -3.15. The predicted octanol–water partition coefficient (Wildman–Crippen LogP) is 4.30. The van der Waals surface area contributed by atoms with Gasteiger partial charge in [0.1, 0.15) is 0 Å².